The molecule has 1 saturated heterocycles. The molecule has 1 atom stereocenters. The molecule has 0 aromatic heterocycles. The zero-order valence-electron chi connectivity index (χ0n) is 12.9. The van der Waals surface area contributed by atoms with Crippen molar-refractivity contribution in [2.24, 2.45) is 5.92 Å². The lowest BCUT2D eigenvalue weighted by Crippen LogP contribution is -2.34. The van der Waals surface area contributed by atoms with Gasteiger partial charge in [0.05, 0.1) is 18.2 Å². The molecule has 0 amide bonds. The molecule has 3 aliphatic rings. The van der Waals surface area contributed by atoms with Crippen LogP contribution in [0.1, 0.15) is 26.2 Å². The highest BCUT2D eigenvalue weighted by Gasteiger charge is 2.27. The van der Waals surface area contributed by atoms with E-state index in [9.17, 15) is 9.18 Å². The number of nitrogens with zero attached hydrogens (tertiary/aromatic N) is 1. The fourth-order valence-corrected chi connectivity index (χ4v) is 4.50. The van der Waals surface area contributed by atoms with Crippen LogP contribution in [0.5, 0.6) is 0 Å². The standard InChI is InChI=1S/C17H22FNO2S/c1-12-5-6-16(19-7-9-21-10-8-19)22-11-14(12)13-3-2-4-15(18)17(13)20/h4,6,12H,2-3,5,7-11H2,1H3/b14-13+. The van der Waals surface area contributed by atoms with Crippen molar-refractivity contribution in [3.05, 3.63) is 34.2 Å². The fourth-order valence-electron chi connectivity index (χ4n) is 3.16. The monoisotopic (exact) mass is 323 g/mol. The first-order valence-electron chi connectivity index (χ1n) is 7.94. The molecule has 0 saturated carbocycles. The van der Waals surface area contributed by atoms with Crippen LogP contribution in [-0.4, -0.2) is 42.7 Å². The number of halogens is 1. The van der Waals surface area contributed by atoms with Crippen LogP contribution in [0.2, 0.25) is 0 Å². The van der Waals surface area contributed by atoms with Crippen LogP contribution in [0.3, 0.4) is 0 Å². The normalized spacial score (nSPS) is 30.7. The molecule has 2 aliphatic heterocycles. The summed E-state index contributed by atoms with van der Waals surface area (Å²) < 4.78 is 19.0. The molecule has 0 aromatic carbocycles. The summed E-state index contributed by atoms with van der Waals surface area (Å²) in [6.45, 7) is 5.54. The third-order valence-electron chi connectivity index (χ3n) is 4.54. The molecular weight excluding hydrogens is 301 g/mol. The Morgan fingerprint density at radius 1 is 1.32 bits per heavy atom. The topological polar surface area (TPSA) is 29.5 Å². The van der Waals surface area contributed by atoms with E-state index < -0.39 is 5.83 Å². The Labute approximate surface area is 135 Å². The molecular formula is C17H22FNO2S. The van der Waals surface area contributed by atoms with E-state index in [1.54, 1.807) is 11.8 Å². The van der Waals surface area contributed by atoms with E-state index in [2.05, 4.69) is 17.9 Å². The first-order valence-corrected chi connectivity index (χ1v) is 8.93. The molecule has 1 aliphatic carbocycles. The molecule has 2 heterocycles. The first-order chi connectivity index (χ1) is 10.7. The predicted molar refractivity (Wildman–Crippen MR) is 87.2 cm³/mol. The fraction of sp³-hybridized carbons (Fsp3) is 0.588. The van der Waals surface area contributed by atoms with Gasteiger partial charge in [-0.15, -0.1) is 11.8 Å². The highest BCUT2D eigenvalue weighted by atomic mass is 32.2. The summed E-state index contributed by atoms with van der Waals surface area (Å²) in [5.41, 5.74) is 1.86. The van der Waals surface area contributed by atoms with Gasteiger partial charge in [-0.2, -0.15) is 0 Å². The molecule has 0 bridgehead atoms. The van der Waals surface area contributed by atoms with Crippen LogP contribution in [0, 0.1) is 5.92 Å². The highest BCUT2D eigenvalue weighted by molar-refractivity contribution is 8.03. The minimum Gasteiger partial charge on any atom is -0.378 e. The summed E-state index contributed by atoms with van der Waals surface area (Å²) in [6, 6.07) is 0. The predicted octanol–water partition coefficient (Wildman–Crippen LogP) is 3.45. The number of carbonyl (C=O) groups excluding carboxylic acids is 1. The highest BCUT2D eigenvalue weighted by Crippen LogP contribution is 2.36. The lowest BCUT2D eigenvalue weighted by molar-refractivity contribution is -0.114. The molecule has 0 radical (unpaired) electrons. The maximum absolute atomic E-state index is 13.6. The maximum atomic E-state index is 13.6. The number of allylic oxidation sites excluding steroid dienone is 4. The van der Waals surface area contributed by atoms with E-state index >= 15 is 0 Å². The summed E-state index contributed by atoms with van der Waals surface area (Å²) in [7, 11) is 0. The zero-order chi connectivity index (χ0) is 15.5. The van der Waals surface area contributed by atoms with Gasteiger partial charge in [-0.05, 0) is 36.8 Å². The Hall–Kier alpha value is -1.07. The van der Waals surface area contributed by atoms with E-state index in [4.69, 9.17) is 4.74 Å². The number of Topliss-reactive ketones (excluding diaryl/α,β-unsaturated/α-hetero) is 1. The summed E-state index contributed by atoms with van der Waals surface area (Å²) in [6.07, 6.45) is 5.92. The number of thioether (sulfide) groups is 1. The van der Waals surface area contributed by atoms with Crippen molar-refractivity contribution in [2.75, 3.05) is 32.1 Å². The molecule has 1 fully saturated rings. The van der Waals surface area contributed by atoms with E-state index in [0.29, 0.717) is 18.8 Å². The van der Waals surface area contributed by atoms with Crippen LogP contribution in [0.25, 0.3) is 0 Å². The van der Waals surface area contributed by atoms with Crippen molar-refractivity contribution in [1.29, 1.82) is 0 Å². The second kappa shape index (κ2) is 7.01. The Morgan fingerprint density at radius 3 is 2.86 bits per heavy atom. The molecule has 120 valence electrons. The Kier molecular flexibility index (Phi) is 5.03. The SMILES string of the molecule is CC1CC=C(N2CCOCC2)SC/C1=C1/CCC=C(F)C1=O. The van der Waals surface area contributed by atoms with Crippen molar-refractivity contribution >= 4 is 17.5 Å². The minimum absolute atomic E-state index is 0.302. The number of hydrogen-bond acceptors (Lipinski definition) is 4. The lowest BCUT2D eigenvalue weighted by Gasteiger charge is -2.30. The molecule has 22 heavy (non-hydrogen) atoms. The van der Waals surface area contributed by atoms with Gasteiger partial charge in [0, 0.05) is 24.4 Å². The van der Waals surface area contributed by atoms with Crippen molar-refractivity contribution in [2.45, 2.75) is 26.2 Å². The number of rotatable bonds is 1. The Bertz CT molecular complexity index is 547. The van der Waals surface area contributed by atoms with E-state index in [1.165, 1.54) is 11.1 Å². The Morgan fingerprint density at radius 2 is 2.09 bits per heavy atom. The Balaban J connectivity index is 1.77. The number of ether oxygens (including phenoxy) is 1. The molecule has 0 N–H and O–H groups in total. The van der Waals surface area contributed by atoms with E-state index in [1.807, 2.05) is 0 Å². The molecule has 0 aromatic rings. The average Bonchev–Trinajstić information content (AvgIpc) is 2.73. The van der Waals surface area contributed by atoms with Gasteiger partial charge in [0.25, 0.3) is 0 Å². The third-order valence-corrected chi connectivity index (χ3v) is 5.71. The number of carbonyl (C=O) groups is 1. The lowest BCUT2D eigenvalue weighted by atomic mass is 9.87. The maximum Gasteiger partial charge on any atom is 0.216 e. The van der Waals surface area contributed by atoms with Gasteiger partial charge < -0.3 is 9.64 Å². The quantitative estimate of drug-likeness (QED) is 0.691. The van der Waals surface area contributed by atoms with Crippen molar-refractivity contribution in [3.63, 3.8) is 0 Å². The molecule has 1 unspecified atom stereocenters. The van der Waals surface area contributed by atoms with Gasteiger partial charge in [-0.25, -0.2) is 4.39 Å². The van der Waals surface area contributed by atoms with Crippen molar-refractivity contribution in [1.82, 2.24) is 4.90 Å². The first kappa shape index (κ1) is 15.8. The molecule has 5 heteroatoms. The number of morpholine rings is 1. The van der Waals surface area contributed by atoms with Crippen LogP contribution in [-0.2, 0) is 9.53 Å². The van der Waals surface area contributed by atoms with Crippen LogP contribution in [0.15, 0.2) is 34.2 Å². The second-order valence-electron chi connectivity index (χ2n) is 5.99. The molecule has 3 nitrogen and oxygen atoms in total. The zero-order valence-corrected chi connectivity index (χ0v) is 13.8. The second-order valence-corrected chi connectivity index (χ2v) is 6.99. The van der Waals surface area contributed by atoms with Crippen molar-refractivity contribution < 1.29 is 13.9 Å². The van der Waals surface area contributed by atoms with Gasteiger partial charge in [0.2, 0.25) is 5.78 Å². The smallest absolute Gasteiger partial charge is 0.216 e. The number of ketones is 1. The average molecular weight is 323 g/mol. The summed E-state index contributed by atoms with van der Waals surface area (Å²) >= 11 is 1.78. The summed E-state index contributed by atoms with van der Waals surface area (Å²) in [4.78, 5) is 14.5. The van der Waals surface area contributed by atoms with E-state index in [0.717, 1.165) is 49.6 Å². The third kappa shape index (κ3) is 3.30. The number of hydrogen-bond donors (Lipinski definition) is 0. The summed E-state index contributed by atoms with van der Waals surface area (Å²) in [5, 5.41) is 1.28. The van der Waals surface area contributed by atoms with Crippen molar-refractivity contribution in [3.8, 4) is 0 Å². The summed E-state index contributed by atoms with van der Waals surface area (Å²) in [5.74, 6) is 0.134. The van der Waals surface area contributed by atoms with Gasteiger partial charge in [0.1, 0.15) is 0 Å². The largest absolute Gasteiger partial charge is 0.378 e. The molecule has 3 rings (SSSR count). The van der Waals surface area contributed by atoms with E-state index in [-0.39, 0.29) is 5.78 Å². The van der Waals surface area contributed by atoms with Crippen LogP contribution >= 0.6 is 11.8 Å². The minimum atomic E-state index is -0.573. The van der Waals surface area contributed by atoms with Gasteiger partial charge >= 0.3 is 0 Å². The van der Waals surface area contributed by atoms with Gasteiger partial charge in [-0.1, -0.05) is 13.0 Å². The van der Waals surface area contributed by atoms with Crippen LogP contribution < -0.4 is 0 Å². The molecule has 0 spiro atoms. The van der Waals surface area contributed by atoms with Crippen LogP contribution in [0.4, 0.5) is 4.39 Å². The van der Waals surface area contributed by atoms with Gasteiger partial charge in [0.15, 0.2) is 5.83 Å². The van der Waals surface area contributed by atoms with Gasteiger partial charge in [-0.3, -0.25) is 4.79 Å².